The van der Waals surface area contributed by atoms with Crippen LogP contribution in [0.3, 0.4) is 0 Å². The molecule has 9 unspecified atom stereocenters. The summed E-state index contributed by atoms with van der Waals surface area (Å²) in [6.45, 7) is 9.87. The molecule has 2 amide bonds. The monoisotopic (exact) mass is 715 g/mol. The zero-order chi connectivity index (χ0) is 36.2. The third kappa shape index (κ3) is 5.13. The van der Waals surface area contributed by atoms with Gasteiger partial charge >= 0.3 is 11.9 Å². The van der Waals surface area contributed by atoms with Gasteiger partial charge in [0.25, 0.3) is 5.91 Å². The van der Waals surface area contributed by atoms with E-state index < -0.39 is 40.0 Å². The van der Waals surface area contributed by atoms with Gasteiger partial charge in [-0.2, -0.15) is 0 Å². The molecule has 12 heteroatoms. The quantitative estimate of drug-likeness (QED) is 0.271. The number of fused-ring (bicyclic) bond motifs is 6. The number of benzene rings is 1. The first-order chi connectivity index (χ1) is 24.1. The highest BCUT2D eigenvalue weighted by atomic mass is 32.2. The number of aryl methyl sites for hydroxylation is 1. The van der Waals surface area contributed by atoms with Crippen LogP contribution in [0, 0.1) is 35.5 Å². The average Bonchev–Trinajstić information content (AvgIpc) is 3.72. The lowest BCUT2D eigenvalue weighted by Crippen LogP contribution is -2.70. The molecule has 51 heavy (non-hydrogen) atoms. The van der Waals surface area contributed by atoms with E-state index in [4.69, 9.17) is 9.26 Å². The summed E-state index contributed by atoms with van der Waals surface area (Å²) in [7, 11) is 0. The number of amides is 2. The normalized spacial score (nSPS) is 36.2. The Labute approximate surface area is 301 Å². The van der Waals surface area contributed by atoms with Gasteiger partial charge in [0, 0.05) is 22.1 Å². The smallest absolute Gasteiger partial charge is 0.338 e. The second-order valence-corrected chi connectivity index (χ2v) is 18.3. The Hall–Kier alpha value is -3.93. The number of aliphatic carboxylic acids is 1. The van der Waals surface area contributed by atoms with Gasteiger partial charge in [0.05, 0.1) is 5.56 Å². The second-order valence-electron chi connectivity index (χ2n) is 16.6. The fourth-order valence-corrected chi connectivity index (χ4v) is 12.5. The summed E-state index contributed by atoms with van der Waals surface area (Å²) in [5, 5.41) is 16.1. The Kier molecular flexibility index (Phi) is 7.90. The van der Waals surface area contributed by atoms with Crippen molar-refractivity contribution in [3.05, 3.63) is 52.8 Å². The molecule has 0 radical (unpaired) electrons. The Morgan fingerprint density at radius 2 is 1.75 bits per heavy atom. The summed E-state index contributed by atoms with van der Waals surface area (Å²) in [5.74, 6) is -0.251. The molecule has 270 valence electrons. The lowest BCUT2D eigenvalue weighted by Gasteiger charge is -2.57. The van der Waals surface area contributed by atoms with Crippen molar-refractivity contribution in [2.24, 2.45) is 28.6 Å². The summed E-state index contributed by atoms with van der Waals surface area (Å²) < 4.78 is 11.0. The highest BCUT2D eigenvalue weighted by Gasteiger charge is 2.64. The van der Waals surface area contributed by atoms with E-state index in [1.165, 1.54) is 22.2 Å². The number of aromatic nitrogens is 1. The van der Waals surface area contributed by atoms with Gasteiger partial charge in [0.15, 0.2) is 5.78 Å². The number of ketones is 1. The van der Waals surface area contributed by atoms with Gasteiger partial charge in [-0.3, -0.25) is 14.4 Å². The number of thioether (sulfide) groups is 1. The van der Waals surface area contributed by atoms with Crippen molar-refractivity contribution < 1.29 is 38.3 Å². The van der Waals surface area contributed by atoms with E-state index in [1.54, 1.807) is 45.0 Å². The molecule has 4 aliphatic carbocycles. The maximum absolute atomic E-state index is 13.6. The summed E-state index contributed by atoms with van der Waals surface area (Å²) in [6.07, 6.45) is 9.43. The van der Waals surface area contributed by atoms with Crippen LogP contribution in [0.15, 0.2) is 40.4 Å². The van der Waals surface area contributed by atoms with Crippen LogP contribution in [0.2, 0.25) is 0 Å². The number of hydrogen-bond acceptors (Lipinski definition) is 9. The number of nitrogens with zero attached hydrogens (tertiary/aromatic N) is 2. The zero-order valence-electron chi connectivity index (χ0n) is 29.7. The molecule has 3 saturated carbocycles. The van der Waals surface area contributed by atoms with Crippen molar-refractivity contribution in [1.29, 1.82) is 0 Å². The molecule has 8 rings (SSSR count). The number of carboxylic acid groups (broad SMARTS) is 1. The molecule has 2 aliphatic heterocycles. The minimum atomic E-state index is -1.07. The predicted octanol–water partition coefficient (Wildman–Crippen LogP) is 5.95. The van der Waals surface area contributed by atoms with Crippen LogP contribution in [-0.4, -0.2) is 73.0 Å². The maximum atomic E-state index is 13.6. The first kappa shape index (κ1) is 34.2. The van der Waals surface area contributed by atoms with Gasteiger partial charge in [-0.15, -0.1) is 11.8 Å². The van der Waals surface area contributed by atoms with Crippen LogP contribution in [0.5, 0.6) is 0 Å². The first-order valence-corrected chi connectivity index (χ1v) is 19.1. The van der Waals surface area contributed by atoms with Crippen molar-refractivity contribution in [3.63, 3.8) is 0 Å². The summed E-state index contributed by atoms with van der Waals surface area (Å²) in [4.78, 5) is 65.5. The molecule has 11 nitrogen and oxygen atoms in total. The largest absolute Gasteiger partial charge is 0.480 e. The Morgan fingerprint density at radius 1 is 1.00 bits per heavy atom. The molecule has 3 heterocycles. The van der Waals surface area contributed by atoms with Crippen LogP contribution in [0.25, 0.3) is 11.3 Å². The number of nitrogens with one attached hydrogen (secondary N) is 1. The van der Waals surface area contributed by atoms with Gasteiger partial charge < -0.3 is 24.6 Å². The maximum Gasteiger partial charge on any atom is 0.338 e. The van der Waals surface area contributed by atoms with E-state index in [0.29, 0.717) is 35.3 Å². The Balaban J connectivity index is 0.936. The number of carboxylic acids is 1. The van der Waals surface area contributed by atoms with Gasteiger partial charge in [0.2, 0.25) is 5.91 Å². The number of hydrogen-bond donors (Lipinski definition) is 2. The van der Waals surface area contributed by atoms with Crippen molar-refractivity contribution in [1.82, 2.24) is 15.4 Å². The first-order valence-electron chi connectivity index (χ1n) is 18.2. The van der Waals surface area contributed by atoms with E-state index in [9.17, 15) is 29.1 Å². The second kappa shape index (κ2) is 11.8. The number of esters is 1. The highest BCUT2D eigenvalue weighted by molar-refractivity contribution is 8.01. The van der Waals surface area contributed by atoms with Crippen molar-refractivity contribution >= 4 is 41.3 Å². The molecule has 0 spiro atoms. The molecule has 9 atom stereocenters. The van der Waals surface area contributed by atoms with Crippen LogP contribution >= 0.6 is 11.8 Å². The van der Waals surface area contributed by atoms with E-state index >= 15 is 0 Å². The Morgan fingerprint density at radius 3 is 2.47 bits per heavy atom. The lowest BCUT2D eigenvalue weighted by atomic mass is 9.47. The molecule has 5 fully saturated rings. The van der Waals surface area contributed by atoms with Gasteiger partial charge in [-0.1, -0.05) is 36.7 Å². The number of carbonyl (C=O) groups excluding carboxylic acids is 4. The molecule has 0 bridgehead atoms. The number of rotatable bonds is 6. The van der Waals surface area contributed by atoms with E-state index in [1.807, 2.05) is 6.08 Å². The fraction of sp³-hybridized carbons (Fsp3) is 0.590. The molecule has 2 saturated heterocycles. The molecular weight excluding hydrogens is 671 g/mol. The number of β-lactam (4-membered cyclic amide) rings is 1. The minimum Gasteiger partial charge on any atom is -0.480 e. The Bertz CT molecular complexity index is 1880. The highest BCUT2D eigenvalue weighted by Crippen LogP contribution is 2.65. The topological polar surface area (TPSA) is 156 Å². The molecule has 2 aromatic rings. The van der Waals surface area contributed by atoms with Crippen molar-refractivity contribution in [3.8, 4) is 11.3 Å². The number of carbonyl (C=O) groups is 5. The van der Waals surface area contributed by atoms with Crippen molar-refractivity contribution in [2.75, 3.05) is 0 Å². The third-order valence-electron chi connectivity index (χ3n) is 13.6. The zero-order valence-corrected chi connectivity index (χ0v) is 30.5. The summed E-state index contributed by atoms with van der Waals surface area (Å²) >= 11 is 1.35. The van der Waals surface area contributed by atoms with Crippen LogP contribution in [0.4, 0.5) is 0 Å². The standard InChI is InChI=1S/C39H45N3O8S/c1-19-28(32(44)40-30-33(45)42-31(35(46)47)37(2,3)51-34(30)42)29(41-50-19)20-6-8-21(9-7-20)36(48)49-27-13-12-25-24-11-10-22-18-23(43)14-16-38(22,4)26(24)15-17-39(25,27)5/h6-9,18,24-27,30-31,34H,10-17H2,1-5H3,(H,40,44)(H,46,47). The SMILES string of the molecule is Cc1onc(-c2ccc(C(=O)OC3CCC4C5CCC6=CC(=O)CCC6(C)C5CCC34C)cc2)c1C(=O)NC1C(=O)N2C1SC(C)(C)C2C(=O)O. The van der Waals surface area contributed by atoms with Crippen LogP contribution in [-0.2, 0) is 19.1 Å². The molecule has 6 aliphatic rings. The minimum absolute atomic E-state index is 0.0839. The number of ether oxygens (including phenoxy) is 1. The molecule has 1 aromatic carbocycles. The van der Waals surface area contributed by atoms with Gasteiger partial charge in [-0.25, -0.2) is 9.59 Å². The number of allylic oxidation sites excluding steroid dienone is 1. The van der Waals surface area contributed by atoms with E-state index in [2.05, 4.69) is 24.3 Å². The molecule has 2 N–H and O–H groups in total. The summed E-state index contributed by atoms with van der Waals surface area (Å²) in [5.41, 5.74) is 2.80. The van der Waals surface area contributed by atoms with Gasteiger partial charge in [0.1, 0.15) is 40.6 Å². The molecular formula is C39H45N3O8S. The lowest BCUT2D eigenvalue weighted by molar-refractivity contribution is -0.159. The fourth-order valence-electron chi connectivity index (χ4n) is 10.9. The van der Waals surface area contributed by atoms with Gasteiger partial charge in [-0.05, 0) is 107 Å². The predicted molar refractivity (Wildman–Crippen MR) is 188 cm³/mol. The summed E-state index contributed by atoms with van der Waals surface area (Å²) in [6, 6.07) is 4.92. The van der Waals surface area contributed by atoms with E-state index in [-0.39, 0.29) is 45.7 Å². The van der Waals surface area contributed by atoms with Crippen molar-refractivity contribution in [2.45, 2.75) is 114 Å². The van der Waals surface area contributed by atoms with Crippen LogP contribution < -0.4 is 5.32 Å². The van der Waals surface area contributed by atoms with E-state index in [0.717, 1.165) is 44.9 Å². The average molecular weight is 716 g/mol. The molecule has 1 aromatic heterocycles. The third-order valence-corrected chi connectivity index (χ3v) is 15.1. The van der Waals surface area contributed by atoms with Crippen LogP contribution in [0.1, 0.15) is 106 Å².